The summed E-state index contributed by atoms with van der Waals surface area (Å²) in [5.74, 6) is 0.273. The van der Waals surface area contributed by atoms with E-state index in [0.29, 0.717) is 15.2 Å². The quantitative estimate of drug-likeness (QED) is 0.867. The van der Waals surface area contributed by atoms with Crippen molar-refractivity contribution in [1.29, 1.82) is 0 Å². The van der Waals surface area contributed by atoms with E-state index in [1.807, 2.05) is 12.1 Å². The lowest BCUT2D eigenvalue weighted by molar-refractivity contribution is 0.439. The van der Waals surface area contributed by atoms with E-state index in [1.54, 1.807) is 12.1 Å². The fourth-order valence-corrected chi connectivity index (χ4v) is 1.58. The van der Waals surface area contributed by atoms with Crippen molar-refractivity contribution >= 4 is 33.4 Å². The van der Waals surface area contributed by atoms with Crippen LogP contribution in [-0.4, -0.2) is 5.16 Å². The summed E-state index contributed by atoms with van der Waals surface area (Å²) < 4.78 is 5.49. The number of halogens is 2. The van der Waals surface area contributed by atoms with Gasteiger partial charge < -0.3 is 10.3 Å². The molecule has 0 amide bonds. The highest BCUT2D eigenvalue weighted by Crippen LogP contribution is 2.32. The predicted molar refractivity (Wildman–Crippen MR) is 59.1 cm³/mol. The summed E-state index contributed by atoms with van der Waals surface area (Å²) in [6.45, 7) is 0. The maximum absolute atomic E-state index is 5.76. The highest BCUT2D eigenvalue weighted by atomic mass is 79.9. The zero-order chi connectivity index (χ0) is 10.1. The standard InChI is InChI=1S/C9H6BrClN2O/c10-7-8(13-14-9(7)12)5-1-3-6(11)4-2-5/h1-4H,12H2. The van der Waals surface area contributed by atoms with Gasteiger partial charge >= 0.3 is 0 Å². The molecule has 1 aromatic heterocycles. The molecule has 2 rings (SSSR count). The maximum Gasteiger partial charge on any atom is 0.237 e. The first-order valence-corrected chi connectivity index (χ1v) is 5.02. The molecule has 0 radical (unpaired) electrons. The van der Waals surface area contributed by atoms with Crippen molar-refractivity contribution < 1.29 is 4.52 Å². The van der Waals surface area contributed by atoms with Crippen molar-refractivity contribution in [2.45, 2.75) is 0 Å². The van der Waals surface area contributed by atoms with Gasteiger partial charge in [0.1, 0.15) is 10.2 Å². The van der Waals surface area contributed by atoms with Gasteiger partial charge in [0.25, 0.3) is 0 Å². The Morgan fingerprint density at radius 1 is 1.29 bits per heavy atom. The van der Waals surface area contributed by atoms with E-state index in [9.17, 15) is 0 Å². The number of nitrogens with zero attached hydrogens (tertiary/aromatic N) is 1. The maximum atomic E-state index is 5.76. The Bertz CT molecular complexity index is 452. The van der Waals surface area contributed by atoms with Gasteiger partial charge in [-0.2, -0.15) is 0 Å². The summed E-state index contributed by atoms with van der Waals surface area (Å²) in [5, 5.41) is 4.51. The zero-order valence-electron chi connectivity index (χ0n) is 7.00. The molecule has 0 fully saturated rings. The van der Waals surface area contributed by atoms with Crippen LogP contribution in [0.25, 0.3) is 11.3 Å². The molecule has 0 unspecified atom stereocenters. The molecule has 0 bridgehead atoms. The fourth-order valence-electron chi connectivity index (χ4n) is 1.08. The van der Waals surface area contributed by atoms with Gasteiger partial charge in [0, 0.05) is 10.6 Å². The van der Waals surface area contributed by atoms with E-state index in [-0.39, 0.29) is 5.88 Å². The molecule has 2 aromatic rings. The Hall–Kier alpha value is -1.000. The molecule has 0 saturated carbocycles. The lowest BCUT2D eigenvalue weighted by Crippen LogP contribution is -1.81. The number of aromatic nitrogens is 1. The number of anilines is 1. The van der Waals surface area contributed by atoms with E-state index in [2.05, 4.69) is 21.1 Å². The average molecular weight is 274 g/mol. The molecular weight excluding hydrogens is 267 g/mol. The Morgan fingerprint density at radius 3 is 2.43 bits per heavy atom. The van der Waals surface area contributed by atoms with Crippen LogP contribution in [0.4, 0.5) is 5.88 Å². The molecule has 14 heavy (non-hydrogen) atoms. The summed E-state index contributed by atoms with van der Waals surface area (Å²) in [6, 6.07) is 7.27. The minimum Gasteiger partial charge on any atom is -0.367 e. The van der Waals surface area contributed by atoms with Gasteiger partial charge in [-0.3, -0.25) is 0 Å². The summed E-state index contributed by atoms with van der Waals surface area (Å²) in [5.41, 5.74) is 7.09. The van der Waals surface area contributed by atoms with Crippen LogP contribution in [0.1, 0.15) is 0 Å². The largest absolute Gasteiger partial charge is 0.367 e. The van der Waals surface area contributed by atoms with Crippen LogP contribution in [0, 0.1) is 0 Å². The number of rotatable bonds is 1. The number of benzene rings is 1. The van der Waals surface area contributed by atoms with E-state index in [1.165, 1.54) is 0 Å². The van der Waals surface area contributed by atoms with Crippen molar-refractivity contribution in [3.8, 4) is 11.3 Å². The normalized spacial score (nSPS) is 10.4. The van der Waals surface area contributed by atoms with Crippen LogP contribution in [0.2, 0.25) is 5.02 Å². The smallest absolute Gasteiger partial charge is 0.237 e. The average Bonchev–Trinajstić information content (AvgIpc) is 2.50. The first kappa shape index (κ1) is 9.55. The molecule has 2 N–H and O–H groups in total. The van der Waals surface area contributed by atoms with Crippen molar-refractivity contribution in [2.24, 2.45) is 0 Å². The monoisotopic (exact) mass is 272 g/mol. The Kier molecular flexibility index (Phi) is 2.48. The number of hydrogen-bond acceptors (Lipinski definition) is 3. The van der Waals surface area contributed by atoms with Crippen LogP contribution < -0.4 is 5.73 Å². The third-order valence-electron chi connectivity index (χ3n) is 1.78. The lowest BCUT2D eigenvalue weighted by Gasteiger charge is -1.95. The Balaban J connectivity index is 2.49. The predicted octanol–water partition coefficient (Wildman–Crippen LogP) is 3.34. The second-order valence-electron chi connectivity index (χ2n) is 2.72. The van der Waals surface area contributed by atoms with Gasteiger partial charge in [0.2, 0.25) is 5.88 Å². The summed E-state index contributed by atoms with van der Waals surface area (Å²) in [6.07, 6.45) is 0. The van der Waals surface area contributed by atoms with Crippen molar-refractivity contribution in [3.63, 3.8) is 0 Å². The van der Waals surface area contributed by atoms with Gasteiger partial charge in [-0.1, -0.05) is 28.9 Å². The molecule has 3 nitrogen and oxygen atoms in total. The lowest BCUT2D eigenvalue weighted by atomic mass is 10.1. The molecule has 0 aliphatic rings. The highest BCUT2D eigenvalue weighted by Gasteiger charge is 2.11. The zero-order valence-corrected chi connectivity index (χ0v) is 9.34. The van der Waals surface area contributed by atoms with Crippen LogP contribution in [0.15, 0.2) is 33.3 Å². The molecule has 0 saturated heterocycles. The molecule has 0 atom stereocenters. The van der Waals surface area contributed by atoms with Crippen LogP contribution in [0.5, 0.6) is 0 Å². The van der Waals surface area contributed by atoms with Crippen molar-refractivity contribution in [2.75, 3.05) is 5.73 Å². The Labute approximate surface area is 94.0 Å². The number of nitrogens with two attached hydrogens (primary N) is 1. The molecule has 72 valence electrons. The highest BCUT2D eigenvalue weighted by molar-refractivity contribution is 9.10. The minimum absolute atomic E-state index is 0.273. The number of hydrogen-bond donors (Lipinski definition) is 1. The molecule has 0 aliphatic heterocycles. The first-order chi connectivity index (χ1) is 6.68. The minimum atomic E-state index is 0.273. The van der Waals surface area contributed by atoms with Crippen molar-refractivity contribution in [3.05, 3.63) is 33.8 Å². The first-order valence-electron chi connectivity index (χ1n) is 3.85. The van der Waals surface area contributed by atoms with E-state index in [4.69, 9.17) is 21.9 Å². The summed E-state index contributed by atoms with van der Waals surface area (Å²) >= 11 is 9.06. The van der Waals surface area contributed by atoms with Gasteiger partial charge in [0.05, 0.1) is 0 Å². The Morgan fingerprint density at radius 2 is 1.93 bits per heavy atom. The van der Waals surface area contributed by atoms with E-state index >= 15 is 0 Å². The summed E-state index contributed by atoms with van der Waals surface area (Å²) in [4.78, 5) is 0. The van der Waals surface area contributed by atoms with Gasteiger partial charge in [-0.15, -0.1) is 0 Å². The topological polar surface area (TPSA) is 52.0 Å². The number of nitrogen functional groups attached to an aromatic ring is 1. The van der Waals surface area contributed by atoms with Gasteiger partial charge in [0.15, 0.2) is 0 Å². The van der Waals surface area contributed by atoms with Gasteiger partial charge in [-0.25, -0.2) is 0 Å². The molecule has 0 spiro atoms. The summed E-state index contributed by atoms with van der Waals surface area (Å²) in [7, 11) is 0. The van der Waals surface area contributed by atoms with Crippen LogP contribution in [0.3, 0.4) is 0 Å². The molecule has 0 aliphatic carbocycles. The SMILES string of the molecule is Nc1onc(-c2ccc(Cl)cc2)c1Br. The molecule has 1 aromatic carbocycles. The second-order valence-corrected chi connectivity index (χ2v) is 3.95. The van der Waals surface area contributed by atoms with Crippen LogP contribution in [-0.2, 0) is 0 Å². The molecule has 1 heterocycles. The van der Waals surface area contributed by atoms with E-state index < -0.39 is 0 Å². The molecule has 5 heteroatoms. The third-order valence-corrected chi connectivity index (χ3v) is 2.80. The molecular formula is C9H6BrClN2O. The second kappa shape index (κ2) is 3.63. The van der Waals surface area contributed by atoms with Gasteiger partial charge in [-0.05, 0) is 28.1 Å². The van der Waals surface area contributed by atoms with Crippen LogP contribution >= 0.6 is 27.5 Å². The fraction of sp³-hybridized carbons (Fsp3) is 0. The third kappa shape index (κ3) is 1.63. The van der Waals surface area contributed by atoms with Crippen molar-refractivity contribution in [1.82, 2.24) is 5.16 Å². The van der Waals surface area contributed by atoms with E-state index in [0.717, 1.165) is 5.56 Å².